The van der Waals surface area contributed by atoms with E-state index >= 15 is 0 Å². The van der Waals surface area contributed by atoms with Gasteiger partial charge in [0.15, 0.2) is 0 Å². The molecule has 0 saturated carbocycles. The molecule has 6 heteroatoms. The lowest BCUT2D eigenvalue weighted by molar-refractivity contribution is -0.173. The summed E-state index contributed by atoms with van der Waals surface area (Å²) < 4.78 is 35.4. The van der Waals surface area contributed by atoms with E-state index in [1.807, 2.05) is 0 Å². The number of hydrogen-bond acceptors (Lipinski definition) is 2. The SMILES string of the molecule is Nc1cccc(CCNC(=O)C(F)(F)F)c1. The van der Waals surface area contributed by atoms with Crippen molar-refractivity contribution in [2.45, 2.75) is 12.6 Å². The van der Waals surface area contributed by atoms with E-state index in [-0.39, 0.29) is 6.54 Å². The maximum atomic E-state index is 11.8. The Morgan fingerprint density at radius 1 is 1.38 bits per heavy atom. The molecule has 0 unspecified atom stereocenters. The third kappa shape index (κ3) is 3.80. The Morgan fingerprint density at radius 2 is 2.06 bits per heavy atom. The molecule has 3 N–H and O–H groups in total. The summed E-state index contributed by atoms with van der Waals surface area (Å²) >= 11 is 0. The molecule has 0 heterocycles. The molecular weight excluding hydrogens is 221 g/mol. The second-order valence-electron chi connectivity index (χ2n) is 3.25. The summed E-state index contributed by atoms with van der Waals surface area (Å²) in [6.45, 7) is -0.0677. The molecule has 0 aliphatic heterocycles. The van der Waals surface area contributed by atoms with E-state index in [1.165, 1.54) is 0 Å². The summed E-state index contributed by atoms with van der Waals surface area (Å²) in [5, 5.41) is 1.79. The largest absolute Gasteiger partial charge is 0.471 e. The van der Waals surface area contributed by atoms with Crippen molar-refractivity contribution in [2.24, 2.45) is 0 Å². The highest BCUT2D eigenvalue weighted by atomic mass is 19.4. The Hall–Kier alpha value is -1.72. The summed E-state index contributed by atoms with van der Waals surface area (Å²) in [6, 6.07) is 6.77. The highest BCUT2D eigenvalue weighted by Crippen LogP contribution is 2.14. The average molecular weight is 232 g/mol. The quantitative estimate of drug-likeness (QED) is 0.776. The Kier molecular flexibility index (Phi) is 3.76. The van der Waals surface area contributed by atoms with Crippen LogP contribution in [0.25, 0.3) is 0 Å². The van der Waals surface area contributed by atoms with E-state index in [1.54, 1.807) is 29.6 Å². The van der Waals surface area contributed by atoms with Crippen LogP contribution in [-0.2, 0) is 11.2 Å². The average Bonchev–Trinajstić information content (AvgIpc) is 2.16. The fourth-order valence-electron chi connectivity index (χ4n) is 1.17. The number of benzene rings is 1. The summed E-state index contributed by atoms with van der Waals surface area (Å²) in [5.41, 5.74) is 6.81. The molecule has 0 atom stereocenters. The topological polar surface area (TPSA) is 55.1 Å². The first kappa shape index (κ1) is 12.4. The molecule has 0 fully saturated rings. The van der Waals surface area contributed by atoms with Crippen LogP contribution in [0.4, 0.5) is 18.9 Å². The van der Waals surface area contributed by atoms with Gasteiger partial charge in [0.2, 0.25) is 0 Å². The smallest absolute Gasteiger partial charge is 0.399 e. The molecule has 1 aromatic rings. The van der Waals surface area contributed by atoms with Crippen molar-refractivity contribution in [1.29, 1.82) is 0 Å². The molecule has 3 nitrogen and oxygen atoms in total. The van der Waals surface area contributed by atoms with Crippen LogP contribution in [0, 0.1) is 0 Å². The van der Waals surface area contributed by atoms with Gasteiger partial charge in [-0.3, -0.25) is 4.79 Å². The zero-order valence-corrected chi connectivity index (χ0v) is 8.34. The monoisotopic (exact) mass is 232 g/mol. The minimum Gasteiger partial charge on any atom is -0.399 e. The molecule has 16 heavy (non-hydrogen) atoms. The van der Waals surface area contributed by atoms with Crippen molar-refractivity contribution in [3.8, 4) is 0 Å². The van der Waals surface area contributed by atoms with Crippen molar-refractivity contribution < 1.29 is 18.0 Å². The van der Waals surface area contributed by atoms with Crippen LogP contribution in [-0.4, -0.2) is 18.6 Å². The number of alkyl halides is 3. The lowest BCUT2D eigenvalue weighted by atomic mass is 10.1. The van der Waals surface area contributed by atoms with E-state index in [4.69, 9.17) is 5.73 Å². The molecule has 0 aromatic heterocycles. The van der Waals surface area contributed by atoms with Crippen molar-refractivity contribution in [2.75, 3.05) is 12.3 Å². The molecule has 0 radical (unpaired) electrons. The summed E-state index contributed by atoms with van der Waals surface area (Å²) in [4.78, 5) is 10.5. The van der Waals surface area contributed by atoms with Gasteiger partial charge < -0.3 is 11.1 Å². The highest BCUT2D eigenvalue weighted by Gasteiger charge is 2.38. The molecule has 88 valence electrons. The molecular formula is C10H11F3N2O. The van der Waals surface area contributed by atoms with Crippen LogP contribution < -0.4 is 11.1 Å². The van der Waals surface area contributed by atoms with E-state index in [9.17, 15) is 18.0 Å². The van der Waals surface area contributed by atoms with Crippen molar-refractivity contribution in [3.63, 3.8) is 0 Å². The number of carbonyl (C=O) groups is 1. The zero-order valence-electron chi connectivity index (χ0n) is 8.34. The normalized spacial score (nSPS) is 11.2. The Balaban J connectivity index is 2.39. The second kappa shape index (κ2) is 4.87. The fourth-order valence-corrected chi connectivity index (χ4v) is 1.17. The van der Waals surface area contributed by atoms with Gasteiger partial charge in [-0.15, -0.1) is 0 Å². The molecule has 0 bridgehead atoms. The van der Waals surface area contributed by atoms with Crippen LogP contribution in [0.15, 0.2) is 24.3 Å². The standard InChI is InChI=1S/C10H11F3N2O/c11-10(12,13)9(16)15-5-4-7-2-1-3-8(14)6-7/h1-3,6H,4-5,14H2,(H,15,16). The Bertz CT molecular complexity index is 377. The second-order valence-corrected chi connectivity index (χ2v) is 3.25. The van der Waals surface area contributed by atoms with Gasteiger partial charge in [0.25, 0.3) is 0 Å². The van der Waals surface area contributed by atoms with Crippen LogP contribution >= 0.6 is 0 Å². The molecule has 0 spiro atoms. The van der Waals surface area contributed by atoms with E-state index in [0.717, 1.165) is 5.56 Å². The third-order valence-corrected chi connectivity index (χ3v) is 1.91. The van der Waals surface area contributed by atoms with Gasteiger partial charge in [-0.1, -0.05) is 12.1 Å². The van der Waals surface area contributed by atoms with Gasteiger partial charge in [-0.25, -0.2) is 0 Å². The Morgan fingerprint density at radius 3 is 2.62 bits per heavy atom. The van der Waals surface area contributed by atoms with Gasteiger partial charge in [-0.05, 0) is 24.1 Å². The first-order valence-corrected chi connectivity index (χ1v) is 4.59. The lowest BCUT2D eigenvalue weighted by Gasteiger charge is -2.07. The molecule has 0 aliphatic carbocycles. The van der Waals surface area contributed by atoms with Crippen molar-refractivity contribution >= 4 is 11.6 Å². The van der Waals surface area contributed by atoms with E-state index < -0.39 is 12.1 Å². The summed E-state index contributed by atoms with van der Waals surface area (Å²) in [7, 11) is 0. The third-order valence-electron chi connectivity index (χ3n) is 1.91. The molecule has 1 aromatic carbocycles. The van der Waals surface area contributed by atoms with Gasteiger partial charge in [0.1, 0.15) is 0 Å². The first-order chi connectivity index (χ1) is 7.39. The number of nitrogen functional groups attached to an aromatic ring is 1. The number of anilines is 1. The predicted octanol–water partition coefficient (Wildman–Crippen LogP) is 1.49. The number of nitrogens with one attached hydrogen (secondary N) is 1. The fraction of sp³-hybridized carbons (Fsp3) is 0.300. The lowest BCUT2D eigenvalue weighted by Crippen LogP contribution is -2.37. The van der Waals surface area contributed by atoms with Gasteiger partial charge in [-0.2, -0.15) is 13.2 Å². The summed E-state index contributed by atoms with van der Waals surface area (Å²) in [6.07, 6.45) is -4.51. The van der Waals surface area contributed by atoms with Crippen LogP contribution in [0.5, 0.6) is 0 Å². The molecule has 0 aliphatic rings. The van der Waals surface area contributed by atoms with E-state index in [2.05, 4.69) is 0 Å². The minimum absolute atomic E-state index is 0.0677. The van der Waals surface area contributed by atoms with Crippen molar-refractivity contribution in [1.82, 2.24) is 5.32 Å². The van der Waals surface area contributed by atoms with Gasteiger partial charge in [0.05, 0.1) is 0 Å². The van der Waals surface area contributed by atoms with Crippen molar-refractivity contribution in [3.05, 3.63) is 29.8 Å². The maximum Gasteiger partial charge on any atom is 0.471 e. The number of rotatable bonds is 3. The minimum atomic E-state index is -4.82. The van der Waals surface area contributed by atoms with E-state index in [0.29, 0.717) is 12.1 Å². The van der Waals surface area contributed by atoms with Crippen LogP contribution in [0.2, 0.25) is 0 Å². The number of amides is 1. The molecule has 1 rings (SSSR count). The van der Waals surface area contributed by atoms with Gasteiger partial charge >= 0.3 is 12.1 Å². The number of halogens is 3. The maximum absolute atomic E-state index is 11.8. The summed E-state index contributed by atoms with van der Waals surface area (Å²) in [5.74, 6) is -1.92. The zero-order chi connectivity index (χ0) is 12.2. The number of nitrogens with two attached hydrogens (primary N) is 1. The molecule has 1 amide bonds. The van der Waals surface area contributed by atoms with Crippen LogP contribution in [0.1, 0.15) is 5.56 Å². The number of carbonyl (C=O) groups excluding carboxylic acids is 1. The Labute approximate surface area is 90.4 Å². The first-order valence-electron chi connectivity index (χ1n) is 4.59. The van der Waals surface area contributed by atoms with Crippen LogP contribution in [0.3, 0.4) is 0 Å². The molecule has 0 saturated heterocycles. The highest BCUT2D eigenvalue weighted by molar-refractivity contribution is 5.81. The van der Waals surface area contributed by atoms with Gasteiger partial charge in [0, 0.05) is 12.2 Å². The predicted molar refractivity (Wildman–Crippen MR) is 53.6 cm³/mol. The number of hydrogen-bond donors (Lipinski definition) is 2.